The molecule has 1 aromatic heterocycles. The second-order valence-corrected chi connectivity index (χ2v) is 5.29. The number of rotatable bonds is 4. The number of nitrogens with one attached hydrogen (secondary N) is 2. The molecule has 1 fully saturated rings. The Labute approximate surface area is 113 Å². The molecule has 0 saturated carbocycles. The summed E-state index contributed by atoms with van der Waals surface area (Å²) in [5.41, 5.74) is 0.737. The summed E-state index contributed by atoms with van der Waals surface area (Å²) in [6.07, 6.45) is 3.57. The third kappa shape index (κ3) is 3.67. The van der Waals surface area contributed by atoms with Crippen molar-refractivity contribution in [1.29, 1.82) is 0 Å². The average Bonchev–Trinajstić information content (AvgIpc) is 2.46. The number of amides is 1. The van der Waals surface area contributed by atoms with E-state index in [-0.39, 0.29) is 11.3 Å². The Morgan fingerprint density at radius 3 is 2.74 bits per heavy atom. The minimum Gasteiger partial charge on any atom is -0.381 e. The molecule has 5 heteroatoms. The molecule has 0 aromatic carbocycles. The molecule has 1 amide bonds. The molecule has 0 spiro atoms. The zero-order chi connectivity index (χ0) is 13.7. The zero-order valence-corrected chi connectivity index (χ0v) is 11.5. The van der Waals surface area contributed by atoms with E-state index in [1.54, 1.807) is 25.4 Å². The fourth-order valence-electron chi connectivity index (χ4n) is 2.11. The van der Waals surface area contributed by atoms with Crippen LogP contribution in [0, 0.1) is 5.41 Å². The van der Waals surface area contributed by atoms with Gasteiger partial charge in [0.25, 0.3) is 5.91 Å². The average molecular weight is 263 g/mol. The predicted molar refractivity (Wildman–Crippen MR) is 74.3 cm³/mol. The Kier molecular flexibility index (Phi) is 4.37. The highest BCUT2D eigenvalue weighted by atomic mass is 16.5. The molecule has 104 valence electrons. The molecule has 0 bridgehead atoms. The van der Waals surface area contributed by atoms with Crippen LogP contribution in [0.15, 0.2) is 18.3 Å². The Hall–Kier alpha value is -1.62. The predicted octanol–water partition coefficient (Wildman–Crippen LogP) is 1.67. The summed E-state index contributed by atoms with van der Waals surface area (Å²) in [6, 6.07) is 3.57. The van der Waals surface area contributed by atoms with E-state index in [0.717, 1.165) is 31.9 Å². The van der Waals surface area contributed by atoms with Gasteiger partial charge >= 0.3 is 0 Å². The van der Waals surface area contributed by atoms with Crippen LogP contribution in [0.5, 0.6) is 0 Å². The van der Waals surface area contributed by atoms with Crippen molar-refractivity contribution in [1.82, 2.24) is 10.3 Å². The molecule has 1 aromatic rings. The number of hydrogen-bond donors (Lipinski definition) is 2. The van der Waals surface area contributed by atoms with E-state index in [1.165, 1.54) is 0 Å². The molecule has 0 atom stereocenters. The van der Waals surface area contributed by atoms with Crippen LogP contribution in [-0.4, -0.2) is 37.7 Å². The van der Waals surface area contributed by atoms with E-state index in [0.29, 0.717) is 12.1 Å². The van der Waals surface area contributed by atoms with Gasteiger partial charge in [0, 0.05) is 33.0 Å². The van der Waals surface area contributed by atoms with Gasteiger partial charge in [-0.1, -0.05) is 6.92 Å². The smallest absolute Gasteiger partial charge is 0.252 e. The van der Waals surface area contributed by atoms with Crippen molar-refractivity contribution < 1.29 is 9.53 Å². The van der Waals surface area contributed by atoms with Crippen molar-refractivity contribution >= 4 is 11.7 Å². The Morgan fingerprint density at radius 2 is 2.16 bits per heavy atom. The molecule has 2 rings (SSSR count). The number of anilines is 1. The van der Waals surface area contributed by atoms with Gasteiger partial charge in [-0.3, -0.25) is 4.79 Å². The number of pyridine rings is 1. The van der Waals surface area contributed by atoms with Crippen molar-refractivity contribution in [3.8, 4) is 0 Å². The van der Waals surface area contributed by atoms with E-state index in [4.69, 9.17) is 4.74 Å². The van der Waals surface area contributed by atoms with Crippen molar-refractivity contribution in [2.75, 3.05) is 32.1 Å². The van der Waals surface area contributed by atoms with Crippen molar-refractivity contribution in [3.05, 3.63) is 23.9 Å². The number of nitrogens with zero attached hydrogens (tertiary/aromatic N) is 1. The van der Waals surface area contributed by atoms with E-state index >= 15 is 0 Å². The highest BCUT2D eigenvalue weighted by Gasteiger charge is 2.27. The second kappa shape index (κ2) is 6.02. The highest BCUT2D eigenvalue weighted by molar-refractivity contribution is 5.94. The molecular formula is C14H21N3O2. The molecule has 1 saturated heterocycles. The molecule has 1 aliphatic rings. The Bertz CT molecular complexity index is 425. The fraction of sp³-hybridized carbons (Fsp3) is 0.571. The fourth-order valence-corrected chi connectivity index (χ4v) is 2.11. The van der Waals surface area contributed by atoms with Gasteiger partial charge in [0.1, 0.15) is 5.82 Å². The van der Waals surface area contributed by atoms with Crippen LogP contribution >= 0.6 is 0 Å². The van der Waals surface area contributed by atoms with Crippen LogP contribution in [0.4, 0.5) is 5.82 Å². The lowest BCUT2D eigenvalue weighted by atomic mass is 9.82. The molecule has 0 radical (unpaired) electrons. The highest BCUT2D eigenvalue weighted by Crippen LogP contribution is 2.28. The van der Waals surface area contributed by atoms with Crippen LogP contribution in [-0.2, 0) is 4.74 Å². The van der Waals surface area contributed by atoms with E-state index < -0.39 is 0 Å². The van der Waals surface area contributed by atoms with Gasteiger partial charge in [-0.2, -0.15) is 0 Å². The molecule has 0 unspecified atom stereocenters. The van der Waals surface area contributed by atoms with Crippen LogP contribution < -0.4 is 10.6 Å². The van der Waals surface area contributed by atoms with Gasteiger partial charge in [0.05, 0.1) is 5.56 Å². The Morgan fingerprint density at radius 1 is 1.42 bits per heavy atom. The lowest BCUT2D eigenvalue weighted by Crippen LogP contribution is -2.39. The van der Waals surface area contributed by atoms with Crippen LogP contribution in [0.2, 0.25) is 0 Å². The largest absolute Gasteiger partial charge is 0.381 e. The molecular weight excluding hydrogens is 242 g/mol. The van der Waals surface area contributed by atoms with Crippen LogP contribution in [0.1, 0.15) is 30.1 Å². The third-order valence-corrected chi connectivity index (χ3v) is 3.66. The summed E-state index contributed by atoms with van der Waals surface area (Å²) >= 11 is 0. The summed E-state index contributed by atoms with van der Waals surface area (Å²) in [7, 11) is 1.80. The van der Waals surface area contributed by atoms with Crippen LogP contribution in [0.25, 0.3) is 0 Å². The maximum Gasteiger partial charge on any atom is 0.252 e. The number of carbonyl (C=O) groups is 1. The van der Waals surface area contributed by atoms with Gasteiger partial charge in [-0.05, 0) is 30.4 Å². The third-order valence-electron chi connectivity index (χ3n) is 3.66. The van der Waals surface area contributed by atoms with Crippen molar-refractivity contribution in [2.45, 2.75) is 19.8 Å². The standard InChI is InChI=1S/C14H21N3O2/c1-14(5-7-19-8-6-14)10-17-13(18)11-3-4-12(15-2)16-9-11/h3-4,9H,5-8,10H2,1-2H3,(H,15,16)(H,17,18). The molecule has 2 N–H and O–H groups in total. The first-order valence-electron chi connectivity index (χ1n) is 6.63. The van der Waals surface area contributed by atoms with Gasteiger partial charge < -0.3 is 15.4 Å². The molecule has 0 aliphatic carbocycles. The summed E-state index contributed by atoms with van der Waals surface area (Å²) in [5.74, 6) is 0.691. The van der Waals surface area contributed by atoms with E-state index in [1.807, 2.05) is 0 Å². The molecule has 2 heterocycles. The topological polar surface area (TPSA) is 63.2 Å². The lowest BCUT2D eigenvalue weighted by molar-refractivity contribution is 0.0238. The first-order valence-corrected chi connectivity index (χ1v) is 6.63. The molecule has 5 nitrogen and oxygen atoms in total. The minimum absolute atomic E-state index is 0.0668. The quantitative estimate of drug-likeness (QED) is 0.867. The van der Waals surface area contributed by atoms with Crippen molar-refractivity contribution in [2.24, 2.45) is 5.41 Å². The summed E-state index contributed by atoms with van der Waals surface area (Å²) < 4.78 is 5.35. The van der Waals surface area contributed by atoms with Crippen LogP contribution in [0.3, 0.4) is 0 Å². The number of aromatic nitrogens is 1. The van der Waals surface area contributed by atoms with Gasteiger partial charge in [0.2, 0.25) is 0 Å². The molecule has 19 heavy (non-hydrogen) atoms. The summed E-state index contributed by atoms with van der Waals surface area (Å²) in [6.45, 7) is 4.44. The Balaban J connectivity index is 1.89. The maximum atomic E-state index is 12.0. The van der Waals surface area contributed by atoms with E-state index in [2.05, 4.69) is 22.5 Å². The monoisotopic (exact) mass is 263 g/mol. The van der Waals surface area contributed by atoms with E-state index in [9.17, 15) is 4.79 Å². The van der Waals surface area contributed by atoms with Gasteiger partial charge in [-0.25, -0.2) is 4.98 Å². The minimum atomic E-state index is -0.0668. The SMILES string of the molecule is CNc1ccc(C(=O)NCC2(C)CCOCC2)cn1. The van der Waals surface area contributed by atoms with Gasteiger partial charge in [0.15, 0.2) is 0 Å². The zero-order valence-electron chi connectivity index (χ0n) is 11.5. The second-order valence-electron chi connectivity index (χ2n) is 5.29. The van der Waals surface area contributed by atoms with Crippen molar-refractivity contribution in [3.63, 3.8) is 0 Å². The number of carbonyl (C=O) groups excluding carboxylic acids is 1. The number of ether oxygens (including phenoxy) is 1. The lowest BCUT2D eigenvalue weighted by Gasteiger charge is -2.33. The van der Waals surface area contributed by atoms with Gasteiger partial charge in [-0.15, -0.1) is 0 Å². The summed E-state index contributed by atoms with van der Waals surface area (Å²) in [5, 5.41) is 5.92. The first kappa shape index (κ1) is 13.8. The summed E-state index contributed by atoms with van der Waals surface area (Å²) in [4.78, 5) is 16.2. The molecule has 1 aliphatic heterocycles. The number of hydrogen-bond acceptors (Lipinski definition) is 4. The normalized spacial score (nSPS) is 17.8. The maximum absolute atomic E-state index is 12.0. The first-order chi connectivity index (χ1) is 9.13.